The third-order valence-electron chi connectivity index (χ3n) is 3.61. The number of likely N-dealkylation sites (N-methyl/N-ethyl adjacent to an activating group) is 1. The Kier molecular flexibility index (Phi) is 3.05. The van der Waals surface area contributed by atoms with Gasteiger partial charge < -0.3 is 14.2 Å². The highest BCUT2D eigenvalue weighted by atomic mass is 16.5. The third kappa shape index (κ3) is 2.02. The average molecular weight is 250 g/mol. The van der Waals surface area contributed by atoms with E-state index in [4.69, 9.17) is 4.74 Å². The fourth-order valence-corrected chi connectivity index (χ4v) is 2.65. The molecule has 1 saturated heterocycles. The Morgan fingerprint density at radius 3 is 3.00 bits per heavy atom. The fraction of sp³-hybridized carbons (Fsp3) is 0.667. The molecule has 2 aliphatic heterocycles. The fourth-order valence-electron chi connectivity index (χ4n) is 2.65. The Balaban J connectivity index is 1.81. The molecular weight excluding hydrogens is 232 g/mol. The van der Waals surface area contributed by atoms with Crippen molar-refractivity contribution in [3.8, 4) is 0 Å². The zero-order valence-corrected chi connectivity index (χ0v) is 10.6. The molecule has 18 heavy (non-hydrogen) atoms. The van der Waals surface area contributed by atoms with Crippen LogP contribution >= 0.6 is 0 Å². The van der Waals surface area contributed by atoms with Gasteiger partial charge in [-0.3, -0.25) is 9.69 Å². The van der Waals surface area contributed by atoms with Crippen molar-refractivity contribution in [2.24, 2.45) is 0 Å². The molecule has 6 heteroatoms. The van der Waals surface area contributed by atoms with Crippen LogP contribution in [0.3, 0.4) is 0 Å². The number of carbonyl (C=O) groups is 1. The number of morpholine rings is 1. The molecule has 1 aromatic rings. The Bertz CT molecular complexity index is 439. The second-order valence-corrected chi connectivity index (χ2v) is 4.94. The number of amides is 1. The largest absolute Gasteiger partial charge is 0.378 e. The van der Waals surface area contributed by atoms with E-state index in [1.54, 1.807) is 6.33 Å². The molecule has 3 rings (SSSR count). The van der Waals surface area contributed by atoms with Gasteiger partial charge in [0, 0.05) is 32.4 Å². The summed E-state index contributed by atoms with van der Waals surface area (Å²) in [5.41, 5.74) is 1.11. The van der Waals surface area contributed by atoms with E-state index in [0.717, 1.165) is 18.8 Å². The number of carbonyl (C=O) groups excluding carboxylic acids is 1. The summed E-state index contributed by atoms with van der Waals surface area (Å²) in [7, 11) is 2.04. The van der Waals surface area contributed by atoms with E-state index in [2.05, 4.69) is 9.88 Å². The number of nitrogens with zero attached hydrogens (tertiary/aromatic N) is 4. The van der Waals surface area contributed by atoms with Crippen molar-refractivity contribution in [3.63, 3.8) is 0 Å². The molecule has 0 bridgehead atoms. The van der Waals surface area contributed by atoms with Crippen LogP contribution in [0.1, 0.15) is 11.7 Å². The second kappa shape index (κ2) is 4.70. The van der Waals surface area contributed by atoms with Gasteiger partial charge in [-0.2, -0.15) is 0 Å². The van der Waals surface area contributed by atoms with E-state index >= 15 is 0 Å². The molecular formula is C12H18N4O2. The Morgan fingerprint density at radius 1 is 1.44 bits per heavy atom. The zero-order valence-electron chi connectivity index (χ0n) is 10.6. The Labute approximate surface area is 106 Å². The molecule has 0 radical (unpaired) electrons. The second-order valence-electron chi connectivity index (χ2n) is 4.94. The molecule has 6 nitrogen and oxygen atoms in total. The molecule has 0 N–H and O–H groups in total. The standard InChI is InChI=1S/C12H18N4O2/c1-14-7-10-6-13-9-16(10)11(8-14)12(17)15-2-4-18-5-3-15/h6,9,11H,2-5,7-8H2,1H3. The van der Waals surface area contributed by atoms with E-state index < -0.39 is 0 Å². The van der Waals surface area contributed by atoms with Gasteiger partial charge in [0.1, 0.15) is 6.04 Å². The normalized spacial score (nSPS) is 24.9. The lowest BCUT2D eigenvalue weighted by atomic mass is 10.1. The summed E-state index contributed by atoms with van der Waals surface area (Å²) in [5, 5.41) is 0. The Hall–Kier alpha value is -1.40. The van der Waals surface area contributed by atoms with Crippen molar-refractivity contribution in [2.45, 2.75) is 12.6 Å². The topological polar surface area (TPSA) is 50.6 Å². The van der Waals surface area contributed by atoms with Crippen molar-refractivity contribution in [3.05, 3.63) is 18.2 Å². The third-order valence-corrected chi connectivity index (χ3v) is 3.61. The minimum Gasteiger partial charge on any atom is -0.378 e. The van der Waals surface area contributed by atoms with Crippen LogP contribution in [-0.4, -0.2) is 65.2 Å². The van der Waals surface area contributed by atoms with Crippen molar-refractivity contribution in [2.75, 3.05) is 39.9 Å². The summed E-state index contributed by atoms with van der Waals surface area (Å²) >= 11 is 0. The summed E-state index contributed by atoms with van der Waals surface area (Å²) in [6, 6.07) is -0.139. The molecule has 1 amide bonds. The SMILES string of the molecule is CN1Cc2cncn2C(C(=O)N2CCOCC2)C1. The van der Waals surface area contributed by atoms with Gasteiger partial charge in [-0.05, 0) is 7.05 Å². The molecule has 0 aromatic carbocycles. The lowest BCUT2D eigenvalue weighted by Crippen LogP contribution is -2.48. The van der Waals surface area contributed by atoms with Crippen LogP contribution < -0.4 is 0 Å². The number of hydrogen-bond donors (Lipinski definition) is 0. The molecule has 3 heterocycles. The van der Waals surface area contributed by atoms with E-state index in [0.29, 0.717) is 26.3 Å². The summed E-state index contributed by atoms with van der Waals surface area (Å²) in [6.07, 6.45) is 3.61. The predicted molar refractivity (Wildman–Crippen MR) is 65.0 cm³/mol. The van der Waals surface area contributed by atoms with Crippen molar-refractivity contribution >= 4 is 5.91 Å². The average Bonchev–Trinajstić information content (AvgIpc) is 2.86. The predicted octanol–water partition coefficient (Wildman–Crippen LogP) is -0.272. The van der Waals surface area contributed by atoms with Crippen LogP contribution in [0.4, 0.5) is 0 Å². The summed E-state index contributed by atoms with van der Waals surface area (Å²) < 4.78 is 7.30. The summed E-state index contributed by atoms with van der Waals surface area (Å²) in [5.74, 6) is 0.184. The molecule has 0 saturated carbocycles. The van der Waals surface area contributed by atoms with E-state index in [1.165, 1.54) is 0 Å². The highest BCUT2D eigenvalue weighted by Gasteiger charge is 2.32. The minimum absolute atomic E-state index is 0.139. The lowest BCUT2D eigenvalue weighted by molar-refractivity contribution is -0.140. The molecule has 1 unspecified atom stereocenters. The molecule has 98 valence electrons. The zero-order chi connectivity index (χ0) is 12.5. The van der Waals surface area contributed by atoms with Gasteiger partial charge in [0.2, 0.25) is 5.91 Å². The van der Waals surface area contributed by atoms with Crippen LogP contribution in [0, 0.1) is 0 Å². The van der Waals surface area contributed by atoms with Gasteiger partial charge >= 0.3 is 0 Å². The van der Waals surface area contributed by atoms with Crippen LogP contribution in [0.2, 0.25) is 0 Å². The summed E-state index contributed by atoms with van der Waals surface area (Å²) in [4.78, 5) is 20.8. The van der Waals surface area contributed by atoms with Crippen molar-refractivity contribution in [1.29, 1.82) is 0 Å². The van der Waals surface area contributed by atoms with Crippen LogP contribution in [0.5, 0.6) is 0 Å². The van der Waals surface area contributed by atoms with Gasteiger partial charge in [0.15, 0.2) is 0 Å². The Morgan fingerprint density at radius 2 is 2.22 bits per heavy atom. The molecule has 1 fully saturated rings. The van der Waals surface area contributed by atoms with Crippen LogP contribution in [0.15, 0.2) is 12.5 Å². The van der Waals surface area contributed by atoms with Gasteiger partial charge in [-0.25, -0.2) is 4.98 Å². The quantitative estimate of drug-likeness (QED) is 0.688. The van der Waals surface area contributed by atoms with Crippen LogP contribution in [-0.2, 0) is 16.1 Å². The smallest absolute Gasteiger partial charge is 0.247 e. The number of fused-ring (bicyclic) bond motifs is 1. The van der Waals surface area contributed by atoms with E-state index in [1.807, 2.05) is 22.7 Å². The highest BCUT2D eigenvalue weighted by Crippen LogP contribution is 2.22. The maximum atomic E-state index is 12.6. The summed E-state index contributed by atoms with van der Waals surface area (Å²) in [6.45, 7) is 4.29. The number of imidazole rings is 1. The first-order chi connectivity index (χ1) is 8.75. The molecule has 1 atom stereocenters. The van der Waals surface area contributed by atoms with Crippen LogP contribution in [0.25, 0.3) is 0 Å². The minimum atomic E-state index is -0.139. The van der Waals surface area contributed by atoms with Gasteiger partial charge in [-0.1, -0.05) is 0 Å². The maximum absolute atomic E-state index is 12.6. The molecule has 0 aliphatic carbocycles. The lowest BCUT2D eigenvalue weighted by Gasteiger charge is -2.35. The van der Waals surface area contributed by atoms with Crippen molar-refractivity contribution in [1.82, 2.24) is 19.4 Å². The highest BCUT2D eigenvalue weighted by molar-refractivity contribution is 5.81. The molecule has 0 spiro atoms. The molecule has 1 aromatic heterocycles. The van der Waals surface area contributed by atoms with Crippen molar-refractivity contribution < 1.29 is 9.53 Å². The molecule has 2 aliphatic rings. The first-order valence-electron chi connectivity index (χ1n) is 6.31. The van der Waals surface area contributed by atoms with Gasteiger partial charge in [0.25, 0.3) is 0 Å². The first kappa shape index (κ1) is 11.7. The number of hydrogen-bond acceptors (Lipinski definition) is 4. The maximum Gasteiger partial charge on any atom is 0.247 e. The van der Waals surface area contributed by atoms with Gasteiger partial charge in [-0.15, -0.1) is 0 Å². The first-order valence-corrected chi connectivity index (χ1v) is 6.31. The number of rotatable bonds is 1. The monoisotopic (exact) mass is 250 g/mol. The number of aromatic nitrogens is 2. The van der Waals surface area contributed by atoms with E-state index in [-0.39, 0.29) is 11.9 Å². The number of ether oxygens (including phenoxy) is 1. The van der Waals surface area contributed by atoms with Gasteiger partial charge in [0.05, 0.1) is 25.2 Å². The van der Waals surface area contributed by atoms with E-state index in [9.17, 15) is 4.79 Å².